The van der Waals surface area contributed by atoms with Crippen molar-refractivity contribution in [1.82, 2.24) is 4.98 Å². The number of aromatic nitrogens is 1. The van der Waals surface area contributed by atoms with Gasteiger partial charge in [-0.15, -0.1) is 0 Å². The Morgan fingerprint density at radius 3 is 2.50 bits per heavy atom. The highest BCUT2D eigenvalue weighted by Crippen LogP contribution is 2.28. The minimum Gasteiger partial charge on any atom is -0.481 e. The Balaban J connectivity index is 2.31. The molecule has 1 atom stereocenters. The summed E-state index contributed by atoms with van der Waals surface area (Å²) in [6.07, 6.45) is 2.04. The van der Waals surface area contributed by atoms with Gasteiger partial charge in [0.15, 0.2) is 0 Å². The van der Waals surface area contributed by atoms with Crippen LogP contribution in [-0.2, 0) is 11.2 Å². The predicted octanol–water partition coefficient (Wildman–Crippen LogP) is 4.33. The first-order valence-corrected chi connectivity index (χ1v) is 7.65. The number of hydrogen-bond donors (Lipinski definition) is 1. The average molecular weight is 399 g/mol. The van der Waals surface area contributed by atoms with Crippen LogP contribution in [0, 0.1) is 6.92 Å². The maximum absolute atomic E-state index is 11.5. The van der Waals surface area contributed by atoms with E-state index >= 15 is 0 Å². The van der Waals surface area contributed by atoms with Crippen molar-refractivity contribution in [2.24, 2.45) is 0 Å². The van der Waals surface area contributed by atoms with Gasteiger partial charge in [0.2, 0.25) is 0 Å². The number of aliphatic carboxylic acids is 1. The van der Waals surface area contributed by atoms with Crippen molar-refractivity contribution in [3.05, 3.63) is 62.3 Å². The topological polar surface area (TPSA) is 50.2 Å². The second kappa shape index (κ2) is 6.50. The molecule has 3 nitrogen and oxygen atoms in total. The molecule has 0 aliphatic carbocycles. The van der Waals surface area contributed by atoms with Crippen LogP contribution in [0.4, 0.5) is 0 Å². The number of rotatable bonds is 4. The van der Waals surface area contributed by atoms with Crippen molar-refractivity contribution in [2.45, 2.75) is 19.3 Å². The van der Waals surface area contributed by atoms with Crippen LogP contribution >= 0.6 is 31.9 Å². The van der Waals surface area contributed by atoms with Crippen molar-refractivity contribution >= 4 is 37.8 Å². The van der Waals surface area contributed by atoms with Crippen molar-refractivity contribution in [2.75, 3.05) is 0 Å². The lowest BCUT2D eigenvalue weighted by Gasteiger charge is -2.14. The second-order valence-corrected chi connectivity index (χ2v) is 6.37. The highest BCUT2D eigenvalue weighted by molar-refractivity contribution is 9.11. The van der Waals surface area contributed by atoms with Crippen LogP contribution < -0.4 is 0 Å². The van der Waals surface area contributed by atoms with Crippen molar-refractivity contribution < 1.29 is 9.90 Å². The molecule has 1 heterocycles. The van der Waals surface area contributed by atoms with Gasteiger partial charge in [-0.25, -0.2) is 0 Å². The lowest BCUT2D eigenvalue weighted by atomic mass is 9.95. The Bertz CT molecular complexity index is 626. The van der Waals surface area contributed by atoms with Gasteiger partial charge in [-0.05, 0) is 56.8 Å². The summed E-state index contributed by atoms with van der Waals surface area (Å²) in [5.74, 6) is -1.54. The summed E-state index contributed by atoms with van der Waals surface area (Å²) in [6, 6.07) is 9.69. The molecule has 0 spiro atoms. The first-order valence-electron chi connectivity index (χ1n) is 6.06. The van der Waals surface area contributed by atoms with Gasteiger partial charge in [-0.3, -0.25) is 9.78 Å². The maximum Gasteiger partial charge on any atom is 0.312 e. The number of halogens is 2. The van der Waals surface area contributed by atoms with E-state index in [2.05, 4.69) is 36.8 Å². The molecule has 0 aliphatic rings. The Kier molecular flexibility index (Phi) is 4.94. The van der Waals surface area contributed by atoms with Crippen LogP contribution in [0.25, 0.3) is 0 Å². The number of hydrogen-bond acceptors (Lipinski definition) is 2. The summed E-state index contributed by atoms with van der Waals surface area (Å²) < 4.78 is 1.51. The maximum atomic E-state index is 11.5. The third-order valence-electron chi connectivity index (χ3n) is 3.02. The van der Waals surface area contributed by atoms with Crippen LogP contribution in [0.3, 0.4) is 0 Å². The molecule has 1 aromatic heterocycles. The van der Waals surface area contributed by atoms with E-state index in [0.717, 1.165) is 15.6 Å². The van der Waals surface area contributed by atoms with E-state index in [0.29, 0.717) is 16.6 Å². The molecule has 20 heavy (non-hydrogen) atoms. The van der Waals surface area contributed by atoms with Gasteiger partial charge in [0.1, 0.15) is 5.92 Å². The number of aryl methyl sites for hydroxylation is 1. The molecular formula is C15H13Br2NO2. The van der Waals surface area contributed by atoms with Gasteiger partial charge in [-0.1, -0.05) is 29.8 Å². The molecule has 1 N–H and O–H groups in total. The monoisotopic (exact) mass is 397 g/mol. The molecule has 104 valence electrons. The summed E-state index contributed by atoms with van der Waals surface area (Å²) in [6.45, 7) is 2.01. The largest absolute Gasteiger partial charge is 0.481 e. The fourth-order valence-electron chi connectivity index (χ4n) is 1.94. The average Bonchev–Trinajstić information content (AvgIpc) is 2.39. The smallest absolute Gasteiger partial charge is 0.312 e. The Labute approximate surface area is 134 Å². The van der Waals surface area contributed by atoms with Crippen molar-refractivity contribution in [1.29, 1.82) is 0 Å². The fraction of sp³-hybridized carbons (Fsp3) is 0.200. The molecule has 2 aromatic rings. The van der Waals surface area contributed by atoms with Gasteiger partial charge in [0, 0.05) is 15.1 Å². The molecule has 0 amide bonds. The lowest BCUT2D eigenvalue weighted by Crippen LogP contribution is -2.16. The van der Waals surface area contributed by atoms with E-state index < -0.39 is 11.9 Å². The SMILES string of the molecule is Cc1ccc(CC(C(=O)O)c2ncc(Br)cc2Br)cc1. The van der Waals surface area contributed by atoms with Gasteiger partial charge in [0.25, 0.3) is 0 Å². The van der Waals surface area contributed by atoms with Crippen molar-refractivity contribution in [3.8, 4) is 0 Å². The first kappa shape index (κ1) is 15.2. The van der Waals surface area contributed by atoms with E-state index in [-0.39, 0.29) is 0 Å². The summed E-state index contributed by atoms with van der Waals surface area (Å²) in [4.78, 5) is 15.8. The van der Waals surface area contributed by atoms with E-state index in [4.69, 9.17) is 0 Å². The third kappa shape index (κ3) is 3.67. The third-order valence-corrected chi connectivity index (χ3v) is 4.09. The molecule has 0 bridgehead atoms. The molecule has 5 heteroatoms. The number of pyridine rings is 1. The molecule has 1 aromatic carbocycles. The molecule has 0 saturated carbocycles. The zero-order valence-electron chi connectivity index (χ0n) is 10.8. The van der Waals surface area contributed by atoms with E-state index in [1.54, 1.807) is 6.20 Å². The molecule has 0 saturated heterocycles. The number of nitrogens with zero attached hydrogens (tertiary/aromatic N) is 1. The highest BCUT2D eigenvalue weighted by atomic mass is 79.9. The molecular weight excluding hydrogens is 386 g/mol. The van der Waals surface area contributed by atoms with Gasteiger partial charge in [-0.2, -0.15) is 0 Å². The Morgan fingerprint density at radius 1 is 1.30 bits per heavy atom. The van der Waals surface area contributed by atoms with Crippen LogP contribution in [0.2, 0.25) is 0 Å². The van der Waals surface area contributed by atoms with Crippen molar-refractivity contribution in [3.63, 3.8) is 0 Å². The number of carboxylic acids is 1. The van der Waals surface area contributed by atoms with Gasteiger partial charge < -0.3 is 5.11 Å². The summed E-state index contributed by atoms with van der Waals surface area (Å²) in [5, 5.41) is 9.46. The zero-order chi connectivity index (χ0) is 14.7. The van der Waals surface area contributed by atoms with E-state index in [1.165, 1.54) is 0 Å². The first-order chi connectivity index (χ1) is 9.47. The second-order valence-electron chi connectivity index (χ2n) is 4.60. The van der Waals surface area contributed by atoms with Crippen LogP contribution in [-0.4, -0.2) is 16.1 Å². The normalized spacial score (nSPS) is 12.2. The fourth-order valence-corrected chi connectivity index (χ4v) is 3.21. The minimum absolute atomic E-state index is 0.419. The lowest BCUT2D eigenvalue weighted by molar-refractivity contribution is -0.138. The highest BCUT2D eigenvalue weighted by Gasteiger charge is 2.24. The molecule has 0 radical (unpaired) electrons. The number of carboxylic acid groups (broad SMARTS) is 1. The molecule has 0 fully saturated rings. The molecule has 2 rings (SSSR count). The standard InChI is InChI=1S/C15H13Br2NO2/c1-9-2-4-10(5-3-9)6-12(15(19)20)14-13(17)7-11(16)8-18-14/h2-5,7-8,12H,6H2,1H3,(H,19,20). The Morgan fingerprint density at radius 2 is 1.95 bits per heavy atom. The van der Waals surface area contributed by atoms with E-state index in [1.807, 2.05) is 37.3 Å². The predicted molar refractivity (Wildman–Crippen MR) is 84.9 cm³/mol. The Hall–Kier alpha value is -1.20. The van der Waals surface area contributed by atoms with Crippen LogP contribution in [0.5, 0.6) is 0 Å². The summed E-state index contributed by atoms with van der Waals surface area (Å²) in [5.41, 5.74) is 2.68. The van der Waals surface area contributed by atoms with Crippen LogP contribution in [0.1, 0.15) is 22.7 Å². The van der Waals surface area contributed by atoms with Crippen LogP contribution in [0.15, 0.2) is 45.5 Å². The molecule has 0 aliphatic heterocycles. The summed E-state index contributed by atoms with van der Waals surface area (Å²) in [7, 11) is 0. The van der Waals surface area contributed by atoms with Gasteiger partial charge >= 0.3 is 5.97 Å². The zero-order valence-corrected chi connectivity index (χ0v) is 14.0. The van der Waals surface area contributed by atoms with Gasteiger partial charge in [0.05, 0.1) is 5.69 Å². The number of carbonyl (C=O) groups is 1. The minimum atomic E-state index is -0.874. The van der Waals surface area contributed by atoms with E-state index in [9.17, 15) is 9.90 Å². The summed E-state index contributed by atoms with van der Waals surface area (Å²) >= 11 is 6.70. The quantitative estimate of drug-likeness (QED) is 0.833. The number of benzene rings is 1. The molecule has 1 unspecified atom stereocenters.